The van der Waals surface area contributed by atoms with E-state index in [0.717, 1.165) is 37.9 Å². The van der Waals surface area contributed by atoms with Crippen LogP contribution in [0.15, 0.2) is 18.2 Å². The standard InChI is InChI=1S/C16H20N2O3/c19-15(10-5-6-11-8-17-9-12(11)7-10)18-14-4-2-1-3-13(14)16(20)21/h5-7,13-14,17H,1-4,8-9H2,(H,18,19)(H,20,21). The van der Waals surface area contributed by atoms with Crippen LogP contribution in [0.2, 0.25) is 0 Å². The number of hydrogen-bond acceptors (Lipinski definition) is 3. The number of aliphatic carboxylic acids is 1. The first kappa shape index (κ1) is 14.1. The Morgan fingerprint density at radius 2 is 1.90 bits per heavy atom. The van der Waals surface area contributed by atoms with E-state index in [0.29, 0.717) is 12.0 Å². The molecule has 1 heterocycles. The lowest BCUT2D eigenvalue weighted by atomic mass is 9.84. The summed E-state index contributed by atoms with van der Waals surface area (Å²) in [6, 6.07) is 5.44. The zero-order chi connectivity index (χ0) is 14.8. The highest BCUT2D eigenvalue weighted by atomic mass is 16.4. The van der Waals surface area contributed by atoms with Crippen LogP contribution < -0.4 is 10.6 Å². The topological polar surface area (TPSA) is 78.4 Å². The molecule has 2 unspecified atom stereocenters. The summed E-state index contributed by atoms with van der Waals surface area (Å²) in [6.45, 7) is 1.64. The summed E-state index contributed by atoms with van der Waals surface area (Å²) in [4.78, 5) is 23.6. The molecule has 0 saturated heterocycles. The summed E-state index contributed by atoms with van der Waals surface area (Å²) in [6.07, 6.45) is 3.29. The van der Waals surface area contributed by atoms with Crippen molar-refractivity contribution in [1.82, 2.24) is 10.6 Å². The molecular formula is C16H20N2O3. The van der Waals surface area contributed by atoms with Crippen molar-refractivity contribution in [2.24, 2.45) is 5.92 Å². The number of amides is 1. The second-order valence-corrected chi connectivity index (χ2v) is 5.90. The van der Waals surface area contributed by atoms with E-state index in [1.165, 1.54) is 5.56 Å². The molecule has 1 aliphatic heterocycles. The van der Waals surface area contributed by atoms with Crippen molar-refractivity contribution in [2.45, 2.75) is 44.8 Å². The van der Waals surface area contributed by atoms with Crippen LogP contribution in [-0.2, 0) is 17.9 Å². The molecule has 1 aromatic carbocycles. The fraction of sp³-hybridized carbons (Fsp3) is 0.500. The number of carboxylic acids is 1. The first-order valence-electron chi connectivity index (χ1n) is 7.51. The van der Waals surface area contributed by atoms with E-state index in [1.54, 1.807) is 0 Å². The monoisotopic (exact) mass is 288 g/mol. The lowest BCUT2D eigenvalue weighted by Crippen LogP contribution is -2.45. The van der Waals surface area contributed by atoms with Crippen LogP contribution in [0.3, 0.4) is 0 Å². The highest BCUT2D eigenvalue weighted by Crippen LogP contribution is 2.25. The number of carboxylic acid groups (broad SMARTS) is 1. The largest absolute Gasteiger partial charge is 0.481 e. The molecule has 3 N–H and O–H groups in total. The summed E-state index contributed by atoms with van der Waals surface area (Å²) in [7, 11) is 0. The Morgan fingerprint density at radius 3 is 2.71 bits per heavy atom. The molecule has 5 nitrogen and oxygen atoms in total. The number of carbonyl (C=O) groups excluding carboxylic acids is 1. The third-order valence-corrected chi connectivity index (χ3v) is 4.50. The van der Waals surface area contributed by atoms with E-state index >= 15 is 0 Å². The third kappa shape index (κ3) is 2.93. The van der Waals surface area contributed by atoms with Gasteiger partial charge in [-0.2, -0.15) is 0 Å². The molecule has 2 aliphatic rings. The smallest absolute Gasteiger partial charge is 0.308 e. The van der Waals surface area contributed by atoms with Crippen molar-refractivity contribution >= 4 is 11.9 Å². The van der Waals surface area contributed by atoms with Crippen molar-refractivity contribution in [1.29, 1.82) is 0 Å². The van der Waals surface area contributed by atoms with Gasteiger partial charge < -0.3 is 15.7 Å². The van der Waals surface area contributed by atoms with Gasteiger partial charge in [0.05, 0.1) is 5.92 Å². The predicted molar refractivity (Wildman–Crippen MR) is 77.8 cm³/mol. The summed E-state index contributed by atoms with van der Waals surface area (Å²) in [5.74, 6) is -1.43. The molecule has 5 heteroatoms. The van der Waals surface area contributed by atoms with Crippen LogP contribution in [0.25, 0.3) is 0 Å². The van der Waals surface area contributed by atoms with Gasteiger partial charge in [0.1, 0.15) is 0 Å². The highest BCUT2D eigenvalue weighted by molar-refractivity contribution is 5.95. The number of nitrogens with one attached hydrogen (secondary N) is 2. The first-order valence-corrected chi connectivity index (χ1v) is 7.51. The molecular weight excluding hydrogens is 268 g/mol. The number of fused-ring (bicyclic) bond motifs is 1. The maximum atomic E-state index is 12.4. The van der Waals surface area contributed by atoms with Crippen LogP contribution >= 0.6 is 0 Å². The molecule has 0 bridgehead atoms. The Labute approximate surface area is 123 Å². The number of rotatable bonds is 3. The van der Waals surface area contributed by atoms with E-state index in [1.807, 2.05) is 18.2 Å². The number of carbonyl (C=O) groups is 2. The maximum absolute atomic E-state index is 12.4. The molecule has 1 aromatic rings. The summed E-state index contributed by atoms with van der Waals surface area (Å²) < 4.78 is 0. The van der Waals surface area contributed by atoms with Gasteiger partial charge in [0.15, 0.2) is 0 Å². The van der Waals surface area contributed by atoms with Gasteiger partial charge in [-0.05, 0) is 36.1 Å². The minimum absolute atomic E-state index is 0.164. The minimum Gasteiger partial charge on any atom is -0.481 e. The third-order valence-electron chi connectivity index (χ3n) is 4.50. The quantitative estimate of drug-likeness (QED) is 0.790. The molecule has 1 saturated carbocycles. The molecule has 0 spiro atoms. The second-order valence-electron chi connectivity index (χ2n) is 5.90. The molecule has 2 atom stereocenters. The van der Waals surface area contributed by atoms with Crippen molar-refractivity contribution in [3.05, 3.63) is 34.9 Å². The first-order chi connectivity index (χ1) is 10.1. The van der Waals surface area contributed by atoms with Gasteiger partial charge in [-0.3, -0.25) is 9.59 Å². The van der Waals surface area contributed by atoms with Gasteiger partial charge in [-0.1, -0.05) is 18.9 Å². The fourth-order valence-corrected chi connectivity index (χ4v) is 3.29. The lowest BCUT2D eigenvalue weighted by Gasteiger charge is -2.29. The van der Waals surface area contributed by atoms with Crippen LogP contribution in [0.1, 0.15) is 47.2 Å². The normalized spacial score (nSPS) is 24.4. The van der Waals surface area contributed by atoms with E-state index in [9.17, 15) is 14.7 Å². The van der Waals surface area contributed by atoms with Crippen molar-refractivity contribution in [2.75, 3.05) is 0 Å². The van der Waals surface area contributed by atoms with Gasteiger partial charge >= 0.3 is 5.97 Å². The van der Waals surface area contributed by atoms with Gasteiger partial charge in [0, 0.05) is 24.7 Å². The average molecular weight is 288 g/mol. The molecule has 112 valence electrons. The Hall–Kier alpha value is -1.88. The van der Waals surface area contributed by atoms with Gasteiger partial charge in [-0.15, -0.1) is 0 Å². The van der Waals surface area contributed by atoms with Gasteiger partial charge in [0.25, 0.3) is 5.91 Å². The van der Waals surface area contributed by atoms with Crippen molar-refractivity contribution < 1.29 is 14.7 Å². The molecule has 1 aliphatic carbocycles. The molecule has 0 radical (unpaired) electrons. The summed E-state index contributed by atoms with van der Waals surface area (Å²) in [5, 5.41) is 15.4. The Kier molecular flexibility index (Phi) is 3.92. The average Bonchev–Trinajstić information content (AvgIpc) is 2.94. The van der Waals surface area contributed by atoms with Gasteiger partial charge in [-0.25, -0.2) is 0 Å². The van der Waals surface area contributed by atoms with Crippen LogP contribution in [0, 0.1) is 5.92 Å². The molecule has 1 amide bonds. The molecule has 3 rings (SSSR count). The highest BCUT2D eigenvalue weighted by Gasteiger charge is 2.32. The Morgan fingerprint density at radius 1 is 1.14 bits per heavy atom. The van der Waals surface area contributed by atoms with E-state index in [2.05, 4.69) is 10.6 Å². The van der Waals surface area contributed by atoms with Crippen molar-refractivity contribution in [3.8, 4) is 0 Å². The maximum Gasteiger partial charge on any atom is 0.308 e. The summed E-state index contributed by atoms with van der Waals surface area (Å²) in [5.41, 5.74) is 3.00. The zero-order valence-corrected chi connectivity index (χ0v) is 11.9. The van der Waals surface area contributed by atoms with Crippen molar-refractivity contribution in [3.63, 3.8) is 0 Å². The zero-order valence-electron chi connectivity index (χ0n) is 11.9. The Balaban J connectivity index is 1.72. The Bertz CT molecular complexity index is 571. The second kappa shape index (κ2) is 5.85. The van der Waals surface area contributed by atoms with Crippen LogP contribution in [0.5, 0.6) is 0 Å². The predicted octanol–water partition coefficient (Wildman–Crippen LogP) is 1.66. The van der Waals surface area contributed by atoms with E-state index in [4.69, 9.17) is 0 Å². The van der Waals surface area contributed by atoms with Crippen LogP contribution in [-0.4, -0.2) is 23.0 Å². The van der Waals surface area contributed by atoms with E-state index < -0.39 is 11.9 Å². The molecule has 21 heavy (non-hydrogen) atoms. The van der Waals surface area contributed by atoms with Crippen LogP contribution in [0.4, 0.5) is 0 Å². The SMILES string of the molecule is O=C(NC1CCCCC1C(=O)O)c1ccc2c(c1)CNC2. The van der Waals surface area contributed by atoms with E-state index in [-0.39, 0.29) is 11.9 Å². The fourth-order valence-electron chi connectivity index (χ4n) is 3.29. The minimum atomic E-state index is -0.807. The summed E-state index contributed by atoms with van der Waals surface area (Å²) >= 11 is 0. The number of benzene rings is 1. The lowest BCUT2D eigenvalue weighted by molar-refractivity contribution is -0.143. The molecule has 0 aromatic heterocycles. The van der Waals surface area contributed by atoms with Gasteiger partial charge in [0.2, 0.25) is 0 Å². The number of hydrogen-bond donors (Lipinski definition) is 3. The molecule has 1 fully saturated rings.